The molecule has 1 aromatic carbocycles. The van der Waals surface area contributed by atoms with Gasteiger partial charge in [0.05, 0.1) is 22.6 Å². The van der Waals surface area contributed by atoms with Crippen LogP contribution < -0.4 is 4.74 Å². The summed E-state index contributed by atoms with van der Waals surface area (Å²) < 4.78 is 15.5. The molecule has 154 valence electrons. The average molecular weight is 396 g/mol. The number of fused-ring (bicyclic) bond motifs is 1. The predicted octanol–water partition coefficient (Wildman–Crippen LogP) is 3.97. The lowest BCUT2D eigenvalue weighted by Crippen LogP contribution is -2.28. The van der Waals surface area contributed by atoms with Gasteiger partial charge in [0.2, 0.25) is 0 Å². The number of benzene rings is 1. The first-order valence-electron chi connectivity index (χ1n) is 10.0. The molecular weight excluding hydrogens is 368 g/mol. The van der Waals surface area contributed by atoms with Gasteiger partial charge in [0, 0.05) is 30.9 Å². The molecule has 7 heteroatoms. The van der Waals surface area contributed by atoms with Gasteiger partial charge in [-0.2, -0.15) is 10.2 Å². The topological polar surface area (TPSA) is 71.2 Å². The van der Waals surface area contributed by atoms with Gasteiger partial charge < -0.3 is 9.47 Å². The fourth-order valence-corrected chi connectivity index (χ4v) is 3.69. The average Bonchev–Trinajstić information content (AvgIpc) is 3.34. The highest BCUT2D eigenvalue weighted by Crippen LogP contribution is 2.36. The van der Waals surface area contributed by atoms with E-state index >= 15 is 0 Å². The van der Waals surface area contributed by atoms with Crippen LogP contribution in [-0.4, -0.2) is 37.7 Å². The number of hydrogen-bond acceptors (Lipinski definition) is 5. The van der Waals surface area contributed by atoms with E-state index in [2.05, 4.69) is 37.0 Å². The number of ether oxygens (including phenoxy) is 2. The number of carbonyl (C=O) groups is 1. The van der Waals surface area contributed by atoms with Crippen molar-refractivity contribution in [1.29, 1.82) is 0 Å². The zero-order valence-corrected chi connectivity index (χ0v) is 17.9. The van der Waals surface area contributed by atoms with Crippen LogP contribution in [0.1, 0.15) is 46.2 Å². The molecule has 7 nitrogen and oxygen atoms in total. The quantitative estimate of drug-likeness (QED) is 0.624. The minimum absolute atomic E-state index is 0.0931. The van der Waals surface area contributed by atoms with E-state index < -0.39 is 0 Å². The van der Waals surface area contributed by atoms with Crippen molar-refractivity contribution in [3.8, 4) is 16.9 Å². The highest BCUT2D eigenvalue weighted by atomic mass is 16.6. The Morgan fingerprint density at radius 3 is 2.66 bits per heavy atom. The van der Waals surface area contributed by atoms with Gasteiger partial charge in [-0.3, -0.25) is 14.2 Å². The zero-order valence-electron chi connectivity index (χ0n) is 17.9. The van der Waals surface area contributed by atoms with Crippen molar-refractivity contribution in [1.82, 2.24) is 19.6 Å². The molecule has 4 rings (SSSR count). The molecule has 1 aliphatic heterocycles. The lowest BCUT2D eigenvalue weighted by molar-refractivity contribution is -0.144. The Balaban J connectivity index is 1.75. The number of aromatic nitrogens is 4. The van der Waals surface area contributed by atoms with Gasteiger partial charge in [-0.05, 0) is 58.7 Å². The predicted molar refractivity (Wildman–Crippen MR) is 111 cm³/mol. The summed E-state index contributed by atoms with van der Waals surface area (Å²) in [7, 11) is 1.93. The fourth-order valence-electron chi connectivity index (χ4n) is 3.69. The minimum atomic E-state index is -0.239. The first-order chi connectivity index (χ1) is 13.6. The van der Waals surface area contributed by atoms with Crippen molar-refractivity contribution >= 4 is 16.9 Å². The summed E-state index contributed by atoms with van der Waals surface area (Å²) in [5, 5.41) is 10.2. The second-order valence-electron chi connectivity index (χ2n) is 8.81. The molecule has 0 unspecified atom stereocenters. The first kappa shape index (κ1) is 19.5. The molecular formula is C22H28N4O3. The van der Waals surface area contributed by atoms with Gasteiger partial charge >= 0.3 is 5.97 Å². The van der Waals surface area contributed by atoms with Gasteiger partial charge in [-0.25, -0.2) is 0 Å². The molecule has 0 saturated carbocycles. The molecule has 1 aliphatic rings. The van der Waals surface area contributed by atoms with Crippen molar-refractivity contribution in [3.63, 3.8) is 0 Å². The van der Waals surface area contributed by atoms with Crippen LogP contribution in [0.2, 0.25) is 0 Å². The molecule has 1 fully saturated rings. The third kappa shape index (κ3) is 3.61. The molecule has 2 atom stereocenters. The van der Waals surface area contributed by atoms with Crippen LogP contribution in [0.15, 0.2) is 24.5 Å². The van der Waals surface area contributed by atoms with E-state index in [0.717, 1.165) is 33.5 Å². The van der Waals surface area contributed by atoms with Crippen LogP contribution in [-0.2, 0) is 22.1 Å². The summed E-state index contributed by atoms with van der Waals surface area (Å²) in [5.41, 5.74) is 3.82. The Bertz CT molecular complexity index is 1070. The van der Waals surface area contributed by atoms with Crippen LogP contribution in [0.25, 0.3) is 22.0 Å². The molecule has 0 amide bonds. The van der Waals surface area contributed by atoms with Crippen molar-refractivity contribution in [3.05, 3.63) is 30.2 Å². The van der Waals surface area contributed by atoms with Crippen LogP contribution in [0.5, 0.6) is 5.75 Å². The van der Waals surface area contributed by atoms with E-state index in [4.69, 9.17) is 9.47 Å². The highest BCUT2D eigenvalue weighted by Gasteiger charge is 2.30. The molecule has 3 heterocycles. The zero-order chi connectivity index (χ0) is 20.9. The van der Waals surface area contributed by atoms with Gasteiger partial charge in [-0.1, -0.05) is 0 Å². The molecule has 3 aromatic rings. The molecule has 2 aromatic heterocycles. The van der Waals surface area contributed by atoms with E-state index in [1.165, 1.54) is 0 Å². The summed E-state index contributed by atoms with van der Waals surface area (Å²) in [6.07, 6.45) is 4.59. The smallest absolute Gasteiger partial charge is 0.306 e. The summed E-state index contributed by atoms with van der Waals surface area (Å²) in [6, 6.07) is 4.10. The monoisotopic (exact) mass is 396 g/mol. The summed E-state index contributed by atoms with van der Waals surface area (Å²) in [4.78, 5) is 11.5. The minimum Gasteiger partial charge on any atom is -0.486 e. The molecule has 29 heavy (non-hydrogen) atoms. The SMILES string of the molecule is Cc1c2c(O[C@H](C)[C@H]3CCC(=O)O3)cc(-c3cnn(C(C)(C)C)c3)cc2nn1C. The van der Waals surface area contributed by atoms with Gasteiger partial charge in [0.25, 0.3) is 0 Å². The number of cyclic esters (lactones) is 1. The first-order valence-corrected chi connectivity index (χ1v) is 10.0. The molecule has 1 saturated heterocycles. The Kier molecular flexibility index (Phi) is 4.63. The molecule has 0 spiro atoms. The van der Waals surface area contributed by atoms with Crippen molar-refractivity contribution in [2.24, 2.45) is 7.05 Å². The Labute approximate surface area is 170 Å². The third-order valence-electron chi connectivity index (χ3n) is 5.54. The van der Waals surface area contributed by atoms with Crippen molar-refractivity contribution in [2.75, 3.05) is 0 Å². The standard InChI is InChI=1S/C22H28N4O3/c1-13-21-17(24-25(13)6)9-15(16-11-23-26(12-16)22(3,4)5)10-19(21)28-14(2)18-7-8-20(27)29-18/h9-12,14,18H,7-8H2,1-6H3/t14-,18-/m1/s1. The Morgan fingerprint density at radius 1 is 1.28 bits per heavy atom. The fraction of sp³-hybridized carbons (Fsp3) is 0.500. The maximum Gasteiger partial charge on any atom is 0.306 e. The number of aryl methyl sites for hydroxylation is 2. The summed E-state index contributed by atoms with van der Waals surface area (Å²) >= 11 is 0. The van der Waals surface area contributed by atoms with Crippen molar-refractivity contribution in [2.45, 2.75) is 65.2 Å². The molecule has 0 bridgehead atoms. The number of carbonyl (C=O) groups excluding carboxylic acids is 1. The van der Waals surface area contributed by atoms with E-state index in [1.54, 1.807) is 0 Å². The van der Waals surface area contributed by atoms with Crippen LogP contribution in [0.4, 0.5) is 0 Å². The van der Waals surface area contributed by atoms with Gasteiger partial charge in [-0.15, -0.1) is 0 Å². The van der Waals surface area contributed by atoms with Gasteiger partial charge in [0.1, 0.15) is 18.0 Å². The lowest BCUT2D eigenvalue weighted by Gasteiger charge is -2.21. The van der Waals surface area contributed by atoms with Gasteiger partial charge in [0.15, 0.2) is 0 Å². The number of rotatable bonds is 4. The second-order valence-corrected chi connectivity index (χ2v) is 8.81. The Morgan fingerprint density at radius 2 is 2.03 bits per heavy atom. The molecule has 0 radical (unpaired) electrons. The van der Waals surface area contributed by atoms with E-state index in [-0.39, 0.29) is 23.7 Å². The van der Waals surface area contributed by atoms with E-state index in [1.807, 2.05) is 48.7 Å². The van der Waals surface area contributed by atoms with Crippen LogP contribution in [0.3, 0.4) is 0 Å². The van der Waals surface area contributed by atoms with Crippen LogP contribution in [0, 0.1) is 6.92 Å². The Hall–Kier alpha value is -2.83. The lowest BCUT2D eigenvalue weighted by atomic mass is 10.0. The maximum absolute atomic E-state index is 11.5. The summed E-state index contributed by atoms with van der Waals surface area (Å²) in [6.45, 7) is 10.3. The number of hydrogen-bond donors (Lipinski definition) is 0. The van der Waals surface area contributed by atoms with Crippen molar-refractivity contribution < 1.29 is 14.3 Å². The third-order valence-corrected chi connectivity index (χ3v) is 5.54. The largest absolute Gasteiger partial charge is 0.486 e. The normalized spacial score (nSPS) is 18.3. The molecule has 0 N–H and O–H groups in total. The second kappa shape index (κ2) is 6.90. The number of nitrogens with zero attached hydrogens (tertiary/aromatic N) is 4. The van der Waals surface area contributed by atoms with E-state index in [9.17, 15) is 4.79 Å². The summed E-state index contributed by atoms with van der Waals surface area (Å²) in [5.74, 6) is 0.596. The highest BCUT2D eigenvalue weighted by molar-refractivity contribution is 5.92. The molecule has 0 aliphatic carbocycles. The van der Waals surface area contributed by atoms with E-state index in [0.29, 0.717) is 12.8 Å². The number of esters is 1. The maximum atomic E-state index is 11.5. The van der Waals surface area contributed by atoms with Crippen LogP contribution >= 0.6 is 0 Å².